The van der Waals surface area contributed by atoms with Crippen molar-refractivity contribution in [2.24, 2.45) is 0 Å². The smallest absolute Gasteiger partial charge is 0.410 e. The number of nitro groups is 1. The lowest BCUT2D eigenvalue weighted by molar-refractivity contribution is -0.384. The van der Waals surface area contributed by atoms with E-state index in [0.29, 0.717) is 60.9 Å². The van der Waals surface area contributed by atoms with Crippen LogP contribution in [-0.4, -0.2) is 56.9 Å². The molecule has 0 saturated carbocycles. The maximum Gasteiger partial charge on any atom is 0.410 e. The monoisotopic (exact) mass is 535 g/mol. The Balaban J connectivity index is 1.64. The zero-order valence-electron chi connectivity index (χ0n) is 22.5. The number of aromatic nitrogens is 2. The Morgan fingerprint density at radius 2 is 1.77 bits per heavy atom. The summed E-state index contributed by atoms with van der Waals surface area (Å²) in [5.74, 6) is 0.118. The topological polar surface area (TPSA) is 129 Å². The second kappa shape index (κ2) is 11.5. The third-order valence-electron chi connectivity index (χ3n) is 6.32. The Morgan fingerprint density at radius 3 is 2.38 bits per heavy atom. The zero-order valence-corrected chi connectivity index (χ0v) is 22.5. The molecular weight excluding hydrogens is 502 g/mol. The van der Waals surface area contributed by atoms with Crippen LogP contribution in [0.25, 0.3) is 5.69 Å². The third kappa shape index (κ3) is 6.54. The predicted molar refractivity (Wildman–Crippen MR) is 146 cm³/mol. The van der Waals surface area contributed by atoms with Crippen molar-refractivity contribution in [2.75, 3.05) is 25.0 Å². The Labute approximate surface area is 226 Å². The molecule has 11 heteroatoms. The van der Waals surface area contributed by atoms with Crippen LogP contribution in [0.4, 0.5) is 16.2 Å². The third-order valence-corrected chi connectivity index (χ3v) is 6.32. The molecule has 1 aliphatic rings. The highest BCUT2D eigenvalue weighted by Gasteiger charge is 2.32. The molecule has 206 valence electrons. The Kier molecular flexibility index (Phi) is 8.18. The number of carbonyl (C=O) groups excluding carboxylic acids is 2. The summed E-state index contributed by atoms with van der Waals surface area (Å²) in [6.45, 7) is 8.72. The number of benzene rings is 2. The summed E-state index contributed by atoms with van der Waals surface area (Å²) in [7, 11) is 0. The molecule has 0 aliphatic carbocycles. The van der Waals surface area contributed by atoms with Gasteiger partial charge >= 0.3 is 6.09 Å². The SMILES string of the molecule is CCOc1ccccc1NC(=O)c1cnn(-c2ccc([N+](=O)[O-])cc2)c1C1CCN(C(=O)OC(C)(C)C)CC1. The molecule has 1 fully saturated rings. The molecule has 1 aromatic heterocycles. The quantitative estimate of drug-likeness (QED) is 0.310. The lowest BCUT2D eigenvalue weighted by Crippen LogP contribution is -2.41. The van der Waals surface area contributed by atoms with Crippen LogP contribution >= 0.6 is 0 Å². The van der Waals surface area contributed by atoms with E-state index in [0.717, 1.165) is 0 Å². The lowest BCUT2D eigenvalue weighted by Gasteiger charge is -2.34. The van der Waals surface area contributed by atoms with Gasteiger partial charge in [-0.25, -0.2) is 9.48 Å². The minimum absolute atomic E-state index is 0.0383. The number of hydrogen-bond donors (Lipinski definition) is 1. The van der Waals surface area contributed by atoms with Gasteiger partial charge in [-0.15, -0.1) is 0 Å². The van der Waals surface area contributed by atoms with Crippen LogP contribution in [0, 0.1) is 10.1 Å². The molecule has 3 aromatic rings. The largest absolute Gasteiger partial charge is 0.492 e. The molecule has 1 N–H and O–H groups in total. The normalized spacial score (nSPS) is 14.1. The molecule has 0 spiro atoms. The van der Waals surface area contributed by atoms with E-state index in [9.17, 15) is 19.7 Å². The Hall–Kier alpha value is -4.41. The van der Waals surface area contributed by atoms with Gasteiger partial charge in [0.25, 0.3) is 11.6 Å². The van der Waals surface area contributed by atoms with Crippen LogP contribution in [0.1, 0.15) is 62.5 Å². The second-order valence-corrected chi connectivity index (χ2v) is 10.3. The number of ether oxygens (including phenoxy) is 2. The molecule has 1 aliphatic heterocycles. The zero-order chi connectivity index (χ0) is 28.2. The van der Waals surface area contributed by atoms with Crippen molar-refractivity contribution in [3.8, 4) is 11.4 Å². The number of nitrogens with zero attached hydrogens (tertiary/aromatic N) is 4. The standard InChI is InChI=1S/C28H33N5O6/c1-5-38-24-9-7-6-8-23(24)30-26(34)22-18-29-32(20-10-12-21(13-11-20)33(36)37)25(22)19-14-16-31(17-15-19)27(35)39-28(2,3)4/h6-13,18-19H,5,14-17H2,1-4H3,(H,30,34). The van der Waals surface area contributed by atoms with Crippen LogP contribution < -0.4 is 10.1 Å². The van der Waals surface area contributed by atoms with E-state index >= 15 is 0 Å². The van der Waals surface area contributed by atoms with Crippen LogP contribution in [-0.2, 0) is 4.74 Å². The molecule has 0 unspecified atom stereocenters. The van der Waals surface area contributed by atoms with Crippen molar-refractivity contribution in [3.63, 3.8) is 0 Å². The number of nitrogens with one attached hydrogen (secondary N) is 1. The van der Waals surface area contributed by atoms with E-state index in [4.69, 9.17) is 9.47 Å². The number of rotatable bonds is 7. The second-order valence-electron chi connectivity index (χ2n) is 10.3. The number of likely N-dealkylation sites (tertiary alicyclic amines) is 1. The Morgan fingerprint density at radius 1 is 1.10 bits per heavy atom. The highest BCUT2D eigenvalue weighted by atomic mass is 16.6. The van der Waals surface area contributed by atoms with Crippen molar-refractivity contribution in [1.29, 1.82) is 0 Å². The molecular formula is C28H33N5O6. The summed E-state index contributed by atoms with van der Waals surface area (Å²) >= 11 is 0. The van der Waals surface area contributed by atoms with Gasteiger partial charge in [0, 0.05) is 31.1 Å². The summed E-state index contributed by atoms with van der Waals surface area (Å²) in [6.07, 6.45) is 2.33. The van der Waals surface area contributed by atoms with Gasteiger partial charge in [-0.3, -0.25) is 14.9 Å². The first-order valence-electron chi connectivity index (χ1n) is 12.9. The van der Waals surface area contributed by atoms with E-state index in [-0.39, 0.29) is 23.6 Å². The van der Waals surface area contributed by atoms with Gasteiger partial charge in [0.05, 0.1) is 40.4 Å². The number of anilines is 1. The molecule has 2 heterocycles. The van der Waals surface area contributed by atoms with Crippen molar-refractivity contribution in [1.82, 2.24) is 14.7 Å². The van der Waals surface area contributed by atoms with Gasteiger partial charge in [-0.2, -0.15) is 5.10 Å². The molecule has 0 radical (unpaired) electrons. The molecule has 0 atom stereocenters. The number of non-ortho nitro benzene ring substituents is 1. The molecule has 39 heavy (non-hydrogen) atoms. The molecule has 4 rings (SSSR count). The van der Waals surface area contributed by atoms with E-state index in [1.165, 1.54) is 18.3 Å². The number of carbonyl (C=O) groups is 2. The molecule has 2 amide bonds. The van der Waals surface area contributed by atoms with Gasteiger partial charge in [-0.05, 0) is 64.8 Å². The van der Waals surface area contributed by atoms with Gasteiger partial charge in [0.15, 0.2) is 0 Å². The first-order chi connectivity index (χ1) is 18.6. The maximum atomic E-state index is 13.6. The van der Waals surface area contributed by atoms with Crippen LogP contribution in [0.15, 0.2) is 54.7 Å². The molecule has 1 saturated heterocycles. The van der Waals surface area contributed by atoms with Gasteiger partial charge in [0.1, 0.15) is 11.4 Å². The highest BCUT2D eigenvalue weighted by Crippen LogP contribution is 2.34. The first kappa shape index (κ1) is 27.6. The molecule has 2 aromatic carbocycles. The fourth-order valence-electron chi connectivity index (χ4n) is 4.55. The van der Waals surface area contributed by atoms with E-state index < -0.39 is 10.5 Å². The fraction of sp³-hybridized carbons (Fsp3) is 0.393. The molecule has 11 nitrogen and oxygen atoms in total. The van der Waals surface area contributed by atoms with Crippen molar-refractivity contribution in [2.45, 2.75) is 52.1 Å². The summed E-state index contributed by atoms with van der Waals surface area (Å²) in [6, 6.07) is 13.2. The number of para-hydroxylation sites is 2. The lowest BCUT2D eigenvalue weighted by atomic mass is 9.90. The Bertz CT molecular complexity index is 1340. The molecule has 0 bridgehead atoms. The van der Waals surface area contributed by atoms with E-state index in [1.807, 2.05) is 39.8 Å². The van der Waals surface area contributed by atoms with Crippen molar-refractivity contribution >= 4 is 23.4 Å². The van der Waals surface area contributed by atoms with Gasteiger partial charge in [0.2, 0.25) is 0 Å². The number of piperidine rings is 1. The van der Waals surface area contributed by atoms with Crippen molar-refractivity contribution < 1.29 is 24.0 Å². The van der Waals surface area contributed by atoms with E-state index in [1.54, 1.807) is 33.8 Å². The summed E-state index contributed by atoms with van der Waals surface area (Å²) in [4.78, 5) is 38.5. The van der Waals surface area contributed by atoms with Crippen LogP contribution in [0.2, 0.25) is 0 Å². The number of hydrogen-bond acceptors (Lipinski definition) is 7. The average Bonchev–Trinajstić information content (AvgIpc) is 3.34. The predicted octanol–water partition coefficient (Wildman–Crippen LogP) is 5.55. The first-order valence-corrected chi connectivity index (χ1v) is 12.9. The van der Waals surface area contributed by atoms with E-state index in [2.05, 4.69) is 10.4 Å². The van der Waals surface area contributed by atoms with Crippen LogP contribution in [0.5, 0.6) is 5.75 Å². The van der Waals surface area contributed by atoms with Gasteiger partial charge in [-0.1, -0.05) is 12.1 Å². The average molecular weight is 536 g/mol. The van der Waals surface area contributed by atoms with Crippen molar-refractivity contribution in [3.05, 3.63) is 76.1 Å². The summed E-state index contributed by atoms with van der Waals surface area (Å²) in [5.41, 5.74) is 1.57. The number of amides is 2. The maximum absolute atomic E-state index is 13.6. The minimum Gasteiger partial charge on any atom is -0.492 e. The number of nitro benzene ring substituents is 1. The summed E-state index contributed by atoms with van der Waals surface area (Å²) in [5, 5.41) is 18.6. The highest BCUT2D eigenvalue weighted by molar-refractivity contribution is 6.06. The fourth-order valence-corrected chi connectivity index (χ4v) is 4.55. The summed E-state index contributed by atoms with van der Waals surface area (Å²) < 4.78 is 12.8. The minimum atomic E-state index is -0.592. The van der Waals surface area contributed by atoms with Gasteiger partial charge < -0.3 is 19.7 Å². The van der Waals surface area contributed by atoms with Crippen LogP contribution in [0.3, 0.4) is 0 Å².